The highest BCUT2D eigenvalue weighted by Gasteiger charge is 2.16. The van der Waals surface area contributed by atoms with E-state index in [0.717, 1.165) is 49.7 Å². The van der Waals surface area contributed by atoms with E-state index in [-0.39, 0.29) is 5.91 Å². The number of nitrogens with one attached hydrogen (secondary N) is 2. The molecule has 2 aromatic carbocycles. The number of nitrogens with zero attached hydrogens (tertiary/aromatic N) is 4. The Morgan fingerprint density at radius 3 is 2.41 bits per heavy atom. The van der Waals surface area contributed by atoms with Crippen molar-refractivity contribution in [1.82, 2.24) is 25.1 Å². The van der Waals surface area contributed by atoms with Gasteiger partial charge < -0.3 is 15.5 Å². The Kier molecular flexibility index (Phi) is 8.22. The second-order valence-electron chi connectivity index (χ2n) is 8.80. The van der Waals surface area contributed by atoms with Crippen LogP contribution < -0.4 is 10.6 Å². The van der Waals surface area contributed by atoms with Gasteiger partial charge >= 0.3 is 0 Å². The molecule has 1 amide bonds. The first-order valence-electron chi connectivity index (χ1n) is 12.1. The largest absolute Gasteiger partial charge is 0.351 e. The number of aromatic nitrogens is 2. The average Bonchev–Trinajstić information content (AvgIpc) is 2.86. The van der Waals surface area contributed by atoms with Crippen molar-refractivity contribution in [1.29, 1.82) is 0 Å². The van der Waals surface area contributed by atoms with Crippen molar-refractivity contribution in [3.8, 4) is 11.3 Å². The number of amides is 1. The third-order valence-electron chi connectivity index (χ3n) is 6.13. The smallest absolute Gasteiger partial charge is 0.251 e. The average molecular weight is 459 g/mol. The molecule has 2 N–H and O–H groups in total. The molecule has 1 aliphatic rings. The fourth-order valence-corrected chi connectivity index (χ4v) is 4.18. The zero-order valence-electron chi connectivity index (χ0n) is 20.1. The van der Waals surface area contributed by atoms with Crippen LogP contribution in [0.15, 0.2) is 60.9 Å². The van der Waals surface area contributed by atoms with Crippen molar-refractivity contribution in [2.45, 2.75) is 20.3 Å². The molecule has 0 radical (unpaired) electrons. The van der Waals surface area contributed by atoms with Gasteiger partial charge in [-0.3, -0.25) is 9.69 Å². The summed E-state index contributed by atoms with van der Waals surface area (Å²) in [5.74, 6) is 0.627. The summed E-state index contributed by atoms with van der Waals surface area (Å²) in [4.78, 5) is 26.4. The molecule has 0 aliphatic carbocycles. The number of hydrogen-bond acceptors (Lipinski definition) is 6. The van der Waals surface area contributed by atoms with Gasteiger partial charge in [0.1, 0.15) is 12.1 Å². The van der Waals surface area contributed by atoms with E-state index in [1.165, 1.54) is 18.5 Å². The number of piperazine rings is 1. The van der Waals surface area contributed by atoms with E-state index in [4.69, 9.17) is 0 Å². The lowest BCUT2D eigenvalue weighted by Crippen LogP contribution is -2.48. The molecule has 0 unspecified atom stereocenters. The van der Waals surface area contributed by atoms with Gasteiger partial charge in [0, 0.05) is 62.1 Å². The summed E-state index contributed by atoms with van der Waals surface area (Å²) in [6.45, 7) is 11.4. The zero-order valence-corrected chi connectivity index (χ0v) is 20.1. The van der Waals surface area contributed by atoms with Crippen LogP contribution in [0.3, 0.4) is 0 Å². The Labute approximate surface area is 202 Å². The fraction of sp³-hybridized carbons (Fsp3) is 0.370. The molecule has 0 atom stereocenters. The summed E-state index contributed by atoms with van der Waals surface area (Å²) in [5.41, 5.74) is 4.54. The Hall–Kier alpha value is -3.29. The molecule has 1 fully saturated rings. The molecule has 3 aromatic rings. The Bertz CT molecular complexity index is 1080. The van der Waals surface area contributed by atoms with Gasteiger partial charge in [-0.25, -0.2) is 9.97 Å². The van der Waals surface area contributed by atoms with Crippen molar-refractivity contribution in [3.63, 3.8) is 0 Å². The van der Waals surface area contributed by atoms with Crippen molar-refractivity contribution < 1.29 is 4.79 Å². The molecular weight excluding hydrogens is 424 g/mol. The van der Waals surface area contributed by atoms with E-state index in [2.05, 4.69) is 68.5 Å². The van der Waals surface area contributed by atoms with Crippen molar-refractivity contribution in [2.75, 3.05) is 51.1 Å². The second kappa shape index (κ2) is 11.7. The van der Waals surface area contributed by atoms with Crippen LogP contribution in [0.2, 0.25) is 0 Å². The number of anilines is 2. The van der Waals surface area contributed by atoms with Gasteiger partial charge in [0.2, 0.25) is 0 Å². The summed E-state index contributed by atoms with van der Waals surface area (Å²) >= 11 is 0. The number of carbonyl (C=O) groups is 1. The lowest BCUT2D eigenvalue weighted by Gasteiger charge is -2.34. The zero-order chi connectivity index (χ0) is 23.8. The minimum absolute atomic E-state index is 0.0590. The van der Waals surface area contributed by atoms with Crippen molar-refractivity contribution in [3.05, 3.63) is 72.1 Å². The van der Waals surface area contributed by atoms with Gasteiger partial charge in [0.25, 0.3) is 5.91 Å². The quantitative estimate of drug-likeness (QED) is 0.506. The third-order valence-corrected chi connectivity index (χ3v) is 6.13. The van der Waals surface area contributed by atoms with Crippen LogP contribution >= 0.6 is 0 Å². The number of hydrogen-bond donors (Lipinski definition) is 2. The first-order valence-corrected chi connectivity index (χ1v) is 12.1. The summed E-state index contributed by atoms with van der Waals surface area (Å²) in [6, 6.07) is 17.7. The lowest BCUT2D eigenvalue weighted by atomic mass is 10.1. The summed E-state index contributed by atoms with van der Waals surface area (Å²) in [6.07, 6.45) is 2.76. The monoisotopic (exact) mass is 458 g/mol. The van der Waals surface area contributed by atoms with E-state index in [0.29, 0.717) is 17.9 Å². The number of rotatable bonds is 9. The van der Waals surface area contributed by atoms with Gasteiger partial charge in [0.05, 0.1) is 5.69 Å². The number of aryl methyl sites for hydroxylation is 1. The second-order valence-corrected chi connectivity index (χ2v) is 8.80. The van der Waals surface area contributed by atoms with Gasteiger partial charge in [-0.2, -0.15) is 0 Å². The van der Waals surface area contributed by atoms with E-state index in [1.807, 2.05) is 30.3 Å². The molecule has 1 aliphatic heterocycles. The topological polar surface area (TPSA) is 73.4 Å². The van der Waals surface area contributed by atoms with E-state index in [9.17, 15) is 4.79 Å². The van der Waals surface area contributed by atoms with Crippen LogP contribution in [-0.2, 0) is 0 Å². The molecule has 0 bridgehead atoms. The normalized spacial score (nSPS) is 14.6. The number of benzene rings is 2. The lowest BCUT2D eigenvalue weighted by molar-refractivity contribution is 0.0936. The highest BCUT2D eigenvalue weighted by atomic mass is 16.1. The first-order chi connectivity index (χ1) is 16.6. The number of carbonyl (C=O) groups excluding carboxylic acids is 1. The maximum atomic E-state index is 12.7. The van der Waals surface area contributed by atoms with E-state index >= 15 is 0 Å². The molecule has 4 rings (SSSR count). The van der Waals surface area contributed by atoms with Crippen LogP contribution in [0.25, 0.3) is 11.3 Å². The predicted molar refractivity (Wildman–Crippen MR) is 137 cm³/mol. The van der Waals surface area contributed by atoms with Crippen LogP contribution in [0.1, 0.15) is 29.3 Å². The molecule has 7 heteroatoms. The minimum atomic E-state index is -0.0590. The van der Waals surface area contributed by atoms with Crippen LogP contribution in [-0.4, -0.2) is 71.5 Å². The van der Waals surface area contributed by atoms with Gasteiger partial charge in [-0.05, 0) is 38.1 Å². The summed E-state index contributed by atoms with van der Waals surface area (Å²) in [7, 11) is 0. The third kappa shape index (κ3) is 6.62. The Morgan fingerprint density at radius 2 is 1.68 bits per heavy atom. The molecular formula is C27H34N6O. The molecule has 0 saturated carbocycles. The molecule has 178 valence electrons. The van der Waals surface area contributed by atoms with E-state index in [1.54, 1.807) is 6.33 Å². The highest BCUT2D eigenvalue weighted by molar-refractivity contribution is 5.95. The molecule has 0 spiro atoms. The first kappa shape index (κ1) is 23.9. The van der Waals surface area contributed by atoms with Gasteiger partial charge in [-0.15, -0.1) is 0 Å². The van der Waals surface area contributed by atoms with Crippen LogP contribution in [0, 0.1) is 6.92 Å². The van der Waals surface area contributed by atoms with Crippen molar-refractivity contribution in [2.24, 2.45) is 0 Å². The van der Waals surface area contributed by atoms with Gasteiger partial charge in [0.15, 0.2) is 0 Å². The molecule has 1 saturated heterocycles. The highest BCUT2D eigenvalue weighted by Crippen LogP contribution is 2.22. The summed E-state index contributed by atoms with van der Waals surface area (Å²) in [5, 5.41) is 6.36. The van der Waals surface area contributed by atoms with Crippen LogP contribution in [0.4, 0.5) is 11.5 Å². The molecule has 7 nitrogen and oxygen atoms in total. The standard InChI is InChI=1S/C27H34N6O/c1-3-12-32-14-16-33(17-15-32)13-11-28-27(34)23-5-4-6-24(18-23)31-26-19-25(29-20-30-26)22-9-7-21(2)8-10-22/h4-10,18-20H,3,11-17H2,1-2H3,(H,28,34)(H,29,30,31). The van der Waals surface area contributed by atoms with Crippen molar-refractivity contribution >= 4 is 17.4 Å². The molecule has 34 heavy (non-hydrogen) atoms. The maximum Gasteiger partial charge on any atom is 0.251 e. The molecule has 2 heterocycles. The maximum absolute atomic E-state index is 12.7. The fourth-order valence-electron chi connectivity index (χ4n) is 4.18. The Balaban J connectivity index is 1.30. The predicted octanol–water partition coefficient (Wildman–Crippen LogP) is 3.95. The van der Waals surface area contributed by atoms with Crippen LogP contribution in [0.5, 0.6) is 0 Å². The van der Waals surface area contributed by atoms with Gasteiger partial charge in [-0.1, -0.05) is 42.8 Å². The molecule has 1 aromatic heterocycles. The SMILES string of the molecule is CCCN1CCN(CCNC(=O)c2cccc(Nc3cc(-c4ccc(C)cc4)ncn3)c2)CC1. The summed E-state index contributed by atoms with van der Waals surface area (Å²) < 4.78 is 0. The minimum Gasteiger partial charge on any atom is -0.351 e. The van der Waals surface area contributed by atoms with E-state index < -0.39 is 0 Å². The Morgan fingerprint density at radius 1 is 0.941 bits per heavy atom.